The zero-order valence-corrected chi connectivity index (χ0v) is 24.6. The molecule has 0 bridgehead atoms. The number of nitrogens with zero attached hydrogens (tertiary/aromatic N) is 3. The van der Waals surface area contributed by atoms with Crippen LogP contribution in [0.4, 0.5) is 0 Å². The van der Waals surface area contributed by atoms with Crippen LogP contribution in [0.15, 0.2) is 151 Å². The van der Waals surface area contributed by atoms with Crippen molar-refractivity contribution in [2.75, 3.05) is 0 Å². The summed E-state index contributed by atoms with van der Waals surface area (Å²) in [7, 11) is 0. The quantitative estimate of drug-likeness (QED) is 0.200. The molecule has 1 atom stereocenters. The number of fused-ring (bicyclic) bond motifs is 3. The topological polar surface area (TPSA) is 73.1 Å². The van der Waals surface area contributed by atoms with Crippen LogP contribution in [0.25, 0.3) is 77.5 Å². The molecule has 3 aromatic heterocycles. The summed E-state index contributed by atoms with van der Waals surface area (Å²) in [6.45, 7) is 0. The second kappa shape index (κ2) is 10.7. The highest BCUT2D eigenvalue weighted by molar-refractivity contribution is 6.21. The molecule has 0 saturated carbocycles. The van der Waals surface area contributed by atoms with Gasteiger partial charge in [0.2, 0.25) is 12.1 Å². The lowest BCUT2D eigenvalue weighted by atomic mass is 9.87. The number of rotatable bonds is 5. The van der Waals surface area contributed by atoms with E-state index in [1.54, 1.807) is 24.9 Å². The fourth-order valence-electron chi connectivity index (χ4n) is 6.50. The van der Waals surface area contributed by atoms with E-state index in [0.717, 1.165) is 60.9 Å². The summed E-state index contributed by atoms with van der Waals surface area (Å²) in [5, 5.41) is 10.0. The molecule has 8 aromatic rings. The Labute approximate surface area is 264 Å². The van der Waals surface area contributed by atoms with Gasteiger partial charge >= 0.3 is 0 Å². The van der Waals surface area contributed by atoms with Crippen LogP contribution in [0.2, 0.25) is 0 Å². The van der Waals surface area contributed by atoms with Crippen LogP contribution in [0.5, 0.6) is 0 Å². The first-order chi connectivity index (χ1) is 22.8. The highest BCUT2D eigenvalue weighted by Gasteiger charge is 2.21. The Morgan fingerprint density at radius 2 is 1.26 bits per heavy atom. The van der Waals surface area contributed by atoms with Gasteiger partial charge in [0, 0.05) is 17.3 Å². The molecule has 1 unspecified atom stereocenters. The molecule has 1 aliphatic heterocycles. The number of benzene rings is 5. The number of aromatic nitrogens is 3. The maximum atomic E-state index is 5.76. The minimum atomic E-state index is -0.327. The number of nitrogens with one attached hydrogen (secondary N) is 1. The smallest absolute Gasteiger partial charge is 0.245 e. The summed E-state index contributed by atoms with van der Waals surface area (Å²) >= 11 is 0. The summed E-state index contributed by atoms with van der Waals surface area (Å²) in [6, 6.07) is 42.4. The second-order valence-electron chi connectivity index (χ2n) is 11.3. The van der Waals surface area contributed by atoms with Gasteiger partial charge in [0.05, 0.1) is 17.6 Å². The molecule has 0 radical (unpaired) electrons. The van der Waals surface area contributed by atoms with Gasteiger partial charge in [-0.15, -0.1) is 0 Å². The summed E-state index contributed by atoms with van der Waals surface area (Å²) in [5.74, 6) is 0.490. The molecule has 218 valence electrons. The van der Waals surface area contributed by atoms with Gasteiger partial charge in [0.1, 0.15) is 23.9 Å². The minimum Gasteiger partial charge on any atom is -0.471 e. The van der Waals surface area contributed by atoms with Crippen LogP contribution >= 0.6 is 0 Å². The average molecular weight is 595 g/mol. The molecule has 5 aromatic carbocycles. The summed E-state index contributed by atoms with van der Waals surface area (Å²) in [6.07, 6.45) is 6.34. The van der Waals surface area contributed by atoms with Crippen molar-refractivity contribution < 1.29 is 9.15 Å². The van der Waals surface area contributed by atoms with Crippen molar-refractivity contribution in [1.29, 1.82) is 0 Å². The van der Waals surface area contributed by atoms with E-state index in [0.29, 0.717) is 11.6 Å². The number of hydrogen-bond donors (Lipinski definition) is 1. The summed E-state index contributed by atoms with van der Waals surface area (Å²) in [4.78, 5) is 14.6. The molecular weight excluding hydrogens is 568 g/mol. The molecule has 0 spiro atoms. The zero-order chi connectivity index (χ0) is 30.5. The van der Waals surface area contributed by atoms with Gasteiger partial charge in [-0.25, -0.2) is 15.0 Å². The molecule has 6 nitrogen and oxygen atoms in total. The van der Waals surface area contributed by atoms with Crippen LogP contribution in [-0.4, -0.2) is 15.0 Å². The lowest BCUT2D eigenvalue weighted by molar-refractivity contribution is 0.150. The Morgan fingerprint density at radius 1 is 0.565 bits per heavy atom. The van der Waals surface area contributed by atoms with Crippen molar-refractivity contribution >= 4 is 32.3 Å². The average Bonchev–Trinajstić information content (AvgIpc) is 3.86. The second-order valence-corrected chi connectivity index (χ2v) is 11.3. The van der Waals surface area contributed by atoms with Crippen molar-refractivity contribution in [3.63, 3.8) is 0 Å². The monoisotopic (exact) mass is 594 g/mol. The summed E-state index contributed by atoms with van der Waals surface area (Å²) < 4.78 is 11.4. The standard InChI is InChI=1S/C40H26N4O2/c1-2-8-26-23-27(16-15-25(26)7-1)28-17-18-31-32(24-28)38(34-12-6-14-36(44-34)40-42-20-22-46-40)30-10-4-3-9-29(30)37(31)33-11-5-13-35(43-33)39-41-19-21-45-39/h1-24,40,42H. The third-order valence-electron chi connectivity index (χ3n) is 8.59. The van der Waals surface area contributed by atoms with E-state index < -0.39 is 0 Å². The molecule has 9 rings (SSSR count). The van der Waals surface area contributed by atoms with Crippen molar-refractivity contribution in [2.45, 2.75) is 6.23 Å². The summed E-state index contributed by atoms with van der Waals surface area (Å²) in [5.41, 5.74) is 7.61. The lowest BCUT2D eigenvalue weighted by Crippen LogP contribution is -2.13. The molecule has 6 heteroatoms. The van der Waals surface area contributed by atoms with Crippen LogP contribution in [0.1, 0.15) is 11.9 Å². The molecule has 0 aliphatic carbocycles. The van der Waals surface area contributed by atoms with Crippen molar-refractivity contribution in [3.05, 3.63) is 152 Å². The highest BCUT2D eigenvalue weighted by atomic mass is 16.5. The zero-order valence-electron chi connectivity index (χ0n) is 24.6. The van der Waals surface area contributed by atoms with Crippen molar-refractivity contribution in [1.82, 2.24) is 20.3 Å². The molecule has 0 amide bonds. The van der Waals surface area contributed by atoms with Gasteiger partial charge in [0.25, 0.3) is 0 Å². The molecule has 0 saturated heterocycles. The van der Waals surface area contributed by atoms with Gasteiger partial charge in [0.15, 0.2) is 0 Å². The largest absolute Gasteiger partial charge is 0.471 e. The van der Waals surface area contributed by atoms with E-state index in [9.17, 15) is 0 Å². The predicted molar refractivity (Wildman–Crippen MR) is 182 cm³/mol. The van der Waals surface area contributed by atoms with Crippen LogP contribution < -0.4 is 5.32 Å². The Kier molecular flexibility index (Phi) is 6.09. The number of hydrogen-bond acceptors (Lipinski definition) is 6. The third-order valence-corrected chi connectivity index (χ3v) is 8.59. The first-order valence-electron chi connectivity index (χ1n) is 15.2. The molecule has 1 N–H and O–H groups in total. The minimum absolute atomic E-state index is 0.327. The first kappa shape index (κ1) is 26.2. The molecule has 1 aliphatic rings. The van der Waals surface area contributed by atoms with Crippen molar-refractivity contribution in [2.24, 2.45) is 0 Å². The van der Waals surface area contributed by atoms with E-state index in [1.165, 1.54) is 10.8 Å². The van der Waals surface area contributed by atoms with E-state index >= 15 is 0 Å². The van der Waals surface area contributed by atoms with Crippen LogP contribution in [0.3, 0.4) is 0 Å². The van der Waals surface area contributed by atoms with E-state index in [-0.39, 0.29) is 6.23 Å². The number of ether oxygens (including phenoxy) is 1. The highest BCUT2D eigenvalue weighted by Crippen LogP contribution is 2.44. The van der Waals surface area contributed by atoms with E-state index in [1.807, 2.05) is 24.3 Å². The third kappa shape index (κ3) is 4.39. The maximum absolute atomic E-state index is 5.76. The Hall–Kier alpha value is -6.27. The Morgan fingerprint density at radius 3 is 2.07 bits per heavy atom. The van der Waals surface area contributed by atoms with Gasteiger partial charge in [-0.2, -0.15) is 0 Å². The number of pyridine rings is 2. The van der Waals surface area contributed by atoms with Gasteiger partial charge in [-0.05, 0) is 79.8 Å². The molecule has 46 heavy (non-hydrogen) atoms. The van der Waals surface area contributed by atoms with E-state index in [2.05, 4.69) is 107 Å². The van der Waals surface area contributed by atoms with Crippen molar-refractivity contribution in [3.8, 4) is 45.2 Å². The predicted octanol–water partition coefficient (Wildman–Crippen LogP) is 9.68. The van der Waals surface area contributed by atoms with E-state index in [4.69, 9.17) is 19.1 Å². The molecule has 0 fully saturated rings. The normalized spacial score (nSPS) is 14.1. The lowest BCUT2D eigenvalue weighted by Gasteiger charge is -2.19. The molecule has 4 heterocycles. The van der Waals surface area contributed by atoms with Gasteiger partial charge in [-0.3, -0.25) is 0 Å². The Bertz CT molecular complexity index is 2440. The fourth-order valence-corrected chi connectivity index (χ4v) is 6.50. The SMILES string of the molecule is C1=COC(c2cccc(-c3c4ccccc4c(-c4cccc(-c5ncco5)n4)c4ccc(-c5ccc6ccccc6c5)cc34)n2)N1. The van der Waals surface area contributed by atoms with Crippen LogP contribution in [0, 0.1) is 0 Å². The van der Waals surface area contributed by atoms with Gasteiger partial charge in [-0.1, -0.05) is 84.9 Å². The van der Waals surface area contributed by atoms with Crippen LogP contribution in [-0.2, 0) is 4.74 Å². The first-order valence-corrected chi connectivity index (χ1v) is 15.2. The maximum Gasteiger partial charge on any atom is 0.245 e. The Balaban J connectivity index is 1.34. The van der Waals surface area contributed by atoms with Gasteiger partial charge < -0.3 is 14.5 Å². The fraction of sp³-hybridized carbons (Fsp3) is 0.0250. The molecular formula is C40H26N4O2. The number of oxazole rings is 1.